The smallest absolute Gasteiger partial charge is 0.326 e. The Morgan fingerprint density at radius 2 is 2.05 bits per heavy atom. The molecule has 1 amide bonds. The van der Waals surface area contributed by atoms with Crippen molar-refractivity contribution in [3.8, 4) is 0 Å². The van der Waals surface area contributed by atoms with Gasteiger partial charge in [-0.3, -0.25) is 9.59 Å². The van der Waals surface area contributed by atoms with Gasteiger partial charge in [-0.15, -0.1) is 0 Å². The zero-order chi connectivity index (χ0) is 14.4. The van der Waals surface area contributed by atoms with Gasteiger partial charge in [0.1, 0.15) is 11.7 Å². The van der Waals surface area contributed by atoms with Crippen LogP contribution in [0.15, 0.2) is 18.3 Å². The monoisotopic (exact) mass is 268 g/mol. The van der Waals surface area contributed by atoms with E-state index < -0.39 is 23.9 Å². The van der Waals surface area contributed by atoms with E-state index in [0.29, 0.717) is 5.69 Å². The summed E-state index contributed by atoms with van der Waals surface area (Å²) in [7, 11) is 1.68. The molecule has 0 aliphatic heterocycles. The largest absolute Gasteiger partial charge is 0.481 e. The van der Waals surface area contributed by atoms with Crippen LogP contribution in [0, 0.1) is 0 Å². The number of amides is 1. The minimum absolute atomic E-state index is 0.0811. The fourth-order valence-corrected chi connectivity index (χ4v) is 1.64. The molecule has 0 bridgehead atoms. The summed E-state index contributed by atoms with van der Waals surface area (Å²) >= 11 is 0. The topological polar surface area (TPSA) is 109 Å². The van der Waals surface area contributed by atoms with E-state index in [9.17, 15) is 14.4 Å². The molecule has 1 rings (SSSR count). The molecule has 19 heavy (non-hydrogen) atoms. The van der Waals surface area contributed by atoms with Gasteiger partial charge in [-0.25, -0.2) is 4.79 Å². The number of carboxylic acid groups (broad SMARTS) is 2. The summed E-state index contributed by atoms with van der Waals surface area (Å²) in [4.78, 5) is 33.2. The Morgan fingerprint density at radius 3 is 2.53 bits per heavy atom. The van der Waals surface area contributed by atoms with Crippen molar-refractivity contribution in [3.63, 3.8) is 0 Å². The van der Waals surface area contributed by atoms with E-state index >= 15 is 0 Å². The van der Waals surface area contributed by atoms with Gasteiger partial charge in [-0.2, -0.15) is 0 Å². The molecular weight excluding hydrogens is 252 g/mol. The summed E-state index contributed by atoms with van der Waals surface area (Å²) in [5, 5.41) is 19.9. The average Bonchev–Trinajstić information content (AvgIpc) is 2.73. The lowest BCUT2D eigenvalue weighted by Crippen LogP contribution is -2.41. The Kier molecular flexibility index (Phi) is 5.11. The van der Waals surface area contributed by atoms with Crippen molar-refractivity contribution >= 4 is 17.8 Å². The minimum Gasteiger partial charge on any atom is -0.481 e. The quantitative estimate of drug-likeness (QED) is 0.665. The van der Waals surface area contributed by atoms with Crippen molar-refractivity contribution in [2.75, 3.05) is 0 Å². The number of nitrogens with zero attached hydrogens (tertiary/aromatic N) is 1. The van der Waals surface area contributed by atoms with Crippen molar-refractivity contribution in [1.82, 2.24) is 9.88 Å². The first kappa shape index (κ1) is 14.7. The molecule has 0 spiro atoms. The van der Waals surface area contributed by atoms with Gasteiger partial charge in [-0.1, -0.05) is 0 Å². The number of carboxylic acids is 2. The highest BCUT2D eigenvalue weighted by atomic mass is 16.4. The molecule has 7 nitrogen and oxygen atoms in total. The molecular formula is C12H16N2O5. The second-order valence-electron chi connectivity index (χ2n) is 4.15. The first-order valence-electron chi connectivity index (χ1n) is 5.78. The second kappa shape index (κ2) is 6.58. The molecule has 1 heterocycles. The maximum Gasteiger partial charge on any atom is 0.326 e. The van der Waals surface area contributed by atoms with Crippen molar-refractivity contribution in [1.29, 1.82) is 0 Å². The van der Waals surface area contributed by atoms with E-state index in [1.807, 2.05) is 0 Å². The zero-order valence-electron chi connectivity index (χ0n) is 10.5. The van der Waals surface area contributed by atoms with E-state index in [1.165, 1.54) is 0 Å². The third kappa shape index (κ3) is 4.46. The standard InChI is InChI=1S/C12H16N2O5/c1-14-7-3-5-9(14)11(17)13-8(12(18)19)4-2-6-10(15)16/h3,5,7-8H,2,4,6H2,1H3,(H,13,17)(H,15,16)(H,18,19)/t8-/m1/s1. The van der Waals surface area contributed by atoms with Gasteiger partial charge in [0.2, 0.25) is 0 Å². The summed E-state index contributed by atoms with van der Waals surface area (Å²) in [5.41, 5.74) is 0.351. The van der Waals surface area contributed by atoms with Crippen LogP contribution in [0.2, 0.25) is 0 Å². The van der Waals surface area contributed by atoms with Crippen molar-refractivity contribution in [2.45, 2.75) is 25.3 Å². The summed E-state index contributed by atoms with van der Waals surface area (Å²) in [6.45, 7) is 0. The van der Waals surface area contributed by atoms with Crippen LogP contribution < -0.4 is 5.32 Å². The lowest BCUT2D eigenvalue weighted by atomic mass is 10.1. The number of carbonyl (C=O) groups excluding carboxylic acids is 1. The molecule has 0 aliphatic carbocycles. The number of aryl methyl sites for hydroxylation is 1. The van der Waals surface area contributed by atoms with E-state index in [2.05, 4.69) is 5.32 Å². The SMILES string of the molecule is Cn1cccc1C(=O)N[C@H](CCCC(=O)O)C(=O)O. The first-order chi connectivity index (χ1) is 8.91. The van der Waals surface area contributed by atoms with Crippen LogP contribution in [0.1, 0.15) is 29.8 Å². The number of nitrogens with one attached hydrogen (secondary N) is 1. The van der Waals surface area contributed by atoms with Crippen LogP contribution in [0.3, 0.4) is 0 Å². The number of hydrogen-bond donors (Lipinski definition) is 3. The van der Waals surface area contributed by atoms with Gasteiger partial charge in [0.15, 0.2) is 0 Å². The zero-order valence-corrected chi connectivity index (χ0v) is 10.5. The Bertz CT molecular complexity index is 480. The Hall–Kier alpha value is -2.31. The summed E-state index contributed by atoms with van der Waals surface area (Å²) < 4.78 is 1.57. The fourth-order valence-electron chi connectivity index (χ4n) is 1.64. The predicted molar refractivity (Wildman–Crippen MR) is 65.8 cm³/mol. The van der Waals surface area contributed by atoms with Gasteiger partial charge >= 0.3 is 11.9 Å². The lowest BCUT2D eigenvalue weighted by molar-refractivity contribution is -0.140. The van der Waals surface area contributed by atoms with Crippen LogP contribution in [0.5, 0.6) is 0 Å². The van der Waals surface area contributed by atoms with Gasteiger partial charge in [-0.05, 0) is 25.0 Å². The Labute approximate surface area is 109 Å². The van der Waals surface area contributed by atoms with Crippen LogP contribution in [-0.2, 0) is 16.6 Å². The van der Waals surface area contributed by atoms with Crippen LogP contribution >= 0.6 is 0 Å². The number of rotatable bonds is 7. The molecule has 3 N–H and O–H groups in total. The molecule has 1 aromatic rings. The van der Waals surface area contributed by atoms with Crippen molar-refractivity contribution in [2.24, 2.45) is 7.05 Å². The third-order valence-corrected chi connectivity index (χ3v) is 2.66. The molecule has 0 aliphatic rings. The molecule has 0 aromatic carbocycles. The van der Waals surface area contributed by atoms with Crippen LogP contribution in [0.25, 0.3) is 0 Å². The fraction of sp³-hybridized carbons (Fsp3) is 0.417. The van der Waals surface area contributed by atoms with Crippen molar-refractivity contribution in [3.05, 3.63) is 24.0 Å². The molecule has 0 saturated heterocycles. The van der Waals surface area contributed by atoms with Crippen LogP contribution in [-0.4, -0.2) is 38.7 Å². The number of carbonyl (C=O) groups is 3. The van der Waals surface area contributed by atoms with E-state index in [0.717, 1.165) is 0 Å². The van der Waals surface area contributed by atoms with Crippen molar-refractivity contribution < 1.29 is 24.6 Å². The maximum absolute atomic E-state index is 11.8. The summed E-state index contributed by atoms with van der Waals surface area (Å²) in [5.74, 6) is -2.65. The molecule has 7 heteroatoms. The highest BCUT2D eigenvalue weighted by molar-refractivity contribution is 5.95. The summed E-state index contributed by atoms with van der Waals surface area (Å²) in [6.07, 6.45) is 1.83. The normalized spacial score (nSPS) is 11.8. The van der Waals surface area contributed by atoms with Gasteiger partial charge in [0, 0.05) is 19.7 Å². The maximum atomic E-state index is 11.8. The number of aromatic nitrogens is 1. The van der Waals surface area contributed by atoms with E-state index in [-0.39, 0.29) is 19.3 Å². The molecule has 104 valence electrons. The van der Waals surface area contributed by atoms with Gasteiger partial charge < -0.3 is 20.1 Å². The highest BCUT2D eigenvalue weighted by Crippen LogP contribution is 2.05. The number of hydrogen-bond acceptors (Lipinski definition) is 3. The molecule has 0 radical (unpaired) electrons. The summed E-state index contributed by atoms with van der Waals surface area (Å²) in [6, 6.07) is 2.17. The first-order valence-corrected chi connectivity index (χ1v) is 5.78. The number of aliphatic carboxylic acids is 2. The second-order valence-corrected chi connectivity index (χ2v) is 4.15. The Morgan fingerprint density at radius 1 is 1.37 bits per heavy atom. The molecule has 0 saturated carbocycles. The molecule has 0 fully saturated rings. The third-order valence-electron chi connectivity index (χ3n) is 2.66. The minimum atomic E-state index is -1.17. The molecule has 1 aromatic heterocycles. The van der Waals surface area contributed by atoms with E-state index in [1.54, 1.807) is 29.9 Å². The van der Waals surface area contributed by atoms with Gasteiger partial charge in [0.25, 0.3) is 5.91 Å². The van der Waals surface area contributed by atoms with E-state index in [4.69, 9.17) is 10.2 Å². The molecule has 1 atom stereocenters. The lowest BCUT2D eigenvalue weighted by Gasteiger charge is -2.14. The molecule has 0 unspecified atom stereocenters. The van der Waals surface area contributed by atoms with Gasteiger partial charge in [0.05, 0.1) is 0 Å². The predicted octanol–water partition coefficient (Wildman–Crippen LogP) is 0.463. The van der Waals surface area contributed by atoms with Crippen LogP contribution in [0.4, 0.5) is 0 Å². The Balaban J connectivity index is 2.59. The average molecular weight is 268 g/mol. The highest BCUT2D eigenvalue weighted by Gasteiger charge is 2.21.